The van der Waals surface area contributed by atoms with Crippen LogP contribution in [0.1, 0.15) is 5.56 Å². The SMILES string of the molecule is COc1cc(N)c(Nc2cc(F)c(C)cc2F)cc1OC. The van der Waals surface area contributed by atoms with Crippen molar-refractivity contribution >= 4 is 17.1 Å². The molecule has 4 nitrogen and oxygen atoms in total. The van der Waals surface area contributed by atoms with E-state index < -0.39 is 11.6 Å². The van der Waals surface area contributed by atoms with Gasteiger partial charge in [-0.15, -0.1) is 0 Å². The number of ether oxygens (including phenoxy) is 2. The van der Waals surface area contributed by atoms with Gasteiger partial charge in [-0.3, -0.25) is 0 Å². The normalized spacial score (nSPS) is 10.3. The molecule has 0 aliphatic carbocycles. The minimum absolute atomic E-state index is 0.00276. The first-order valence-corrected chi connectivity index (χ1v) is 6.20. The lowest BCUT2D eigenvalue weighted by atomic mass is 10.2. The van der Waals surface area contributed by atoms with Gasteiger partial charge in [-0.25, -0.2) is 8.78 Å². The number of nitrogen functional groups attached to an aromatic ring is 1. The van der Waals surface area contributed by atoms with Gasteiger partial charge in [0.15, 0.2) is 11.5 Å². The second kappa shape index (κ2) is 5.87. The summed E-state index contributed by atoms with van der Waals surface area (Å²) in [4.78, 5) is 0. The molecule has 0 unspecified atom stereocenters. The average Bonchev–Trinajstić information content (AvgIpc) is 2.46. The summed E-state index contributed by atoms with van der Waals surface area (Å²) in [7, 11) is 2.96. The molecule has 0 aliphatic heterocycles. The highest BCUT2D eigenvalue weighted by Crippen LogP contribution is 2.36. The Labute approximate surface area is 121 Å². The number of methoxy groups -OCH3 is 2. The summed E-state index contributed by atoms with van der Waals surface area (Å²) in [5.74, 6) is -0.181. The molecule has 3 N–H and O–H groups in total. The van der Waals surface area contributed by atoms with Crippen molar-refractivity contribution in [1.82, 2.24) is 0 Å². The van der Waals surface area contributed by atoms with Crippen molar-refractivity contribution in [2.45, 2.75) is 6.92 Å². The molecular weight excluding hydrogens is 278 g/mol. The monoisotopic (exact) mass is 294 g/mol. The molecule has 0 atom stereocenters. The van der Waals surface area contributed by atoms with Gasteiger partial charge >= 0.3 is 0 Å². The lowest BCUT2D eigenvalue weighted by Gasteiger charge is -2.15. The van der Waals surface area contributed by atoms with Crippen LogP contribution in [0.2, 0.25) is 0 Å². The predicted octanol–water partition coefficient (Wildman–Crippen LogP) is 3.62. The van der Waals surface area contributed by atoms with E-state index >= 15 is 0 Å². The second-order valence-corrected chi connectivity index (χ2v) is 4.50. The van der Waals surface area contributed by atoms with Crippen LogP contribution < -0.4 is 20.5 Å². The highest BCUT2D eigenvalue weighted by Gasteiger charge is 2.12. The van der Waals surface area contributed by atoms with Crippen LogP contribution >= 0.6 is 0 Å². The lowest BCUT2D eigenvalue weighted by molar-refractivity contribution is 0.355. The zero-order chi connectivity index (χ0) is 15.6. The highest BCUT2D eigenvalue weighted by atomic mass is 19.1. The number of anilines is 3. The van der Waals surface area contributed by atoms with Gasteiger partial charge in [0, 0.05) is 18.2 Å². The summed E-state index contributed by atoms with van der Waals surface area (Å²) in [6.07, 6.45) is 0. The molecule has 0 aliphatic rings. The Kier molecular flexibility index (Phi) is 4.16. The molecule has 6 heteroatoms. The Morgan fingerprint density at radius 2 is 1.52 bits per heavy atom. The van der Waals surface area contributed by atoms with Crippen molar-refractivity contribution in [2.75, 3.05) is 25.3 Å². The van der Waals surface area contributed by atoms with Crippen molar-refractivity contribution in [1.29, 1.82) is 0 Å². The number of halogens is 2. The van der Waals surface area contributed by atoms with Crippen molar-refractivity contribution < 1.29 is 18.3 Å². The Balaban J connectivity index is 2.42. The van der Waals surface area contributed by atoms with Gasteiger partial charge in [-0.2, -0.15) is 0 Å². The quantitative estimate of drug-likeness (QED) is 0.846. The lowest BCUT2D eigenvalue weighted by Crippen LogP contribution is -2.01. The van der Waals surface area contributed by atoms with Crippen LogP contribution in [-0.4, -0.2) is 14.2 Å². The van der Waals surface area contributed by atoms with Gasteiger partial charge in [0.2, 0.25) is 0 Å². The zero-order valence-corrected chi connectivity index (χ0v) is 12.0. The fraction of sp³-hybridized carbons (Fsp3) is 0.200. The zero-order valence-electron chi connectivity index (χ0n) is 12.0. The summed E-state index contributed by atoms with van der Waals surface area (Å²) < 4.78 is 37.7. The van der Waals surface area contributed by atoms with Gasteiger partial charge in [0.05, 0.1) is 31.3 Å². The van der Waals surface area contributed by atoms with E-state index in [1.807, 2.05) is 0 Å². The number of rotatable bonds is 4. The van der Waals surface area contributed by atoms with Gasteiger partial charge < -0.3 is 20.5 Å². The number of hydrogen-bond donors (Lipinski definition) is 2. The van der Waals surface area contributed by atoms with Gasteiger partial charge in [0.1, 0.15) is 11.6 Å². The van der Waals surface area contributed by atoms with Crippen molar-refractivity contribution in [2.24, 2.45) is 0 Å². The molecule has 0 spiro atoms. The summed E-state index contributed by atoms with van der Waals surface area (Å²) in [5, 5.41) is 2.76. The van der Waals surface area contributed by atoms with Gasteiger partial charge in [0.25, 0.3) is 0 Å². The average molecular weight is 294 g/mol. The van der Waals surface area contributed by atoms with E-state index in [1.54, 1.807) is 12.1 Å². The Morgan fingerprint density at radius 1 is 0.905 bits per heavy atom. The minimum atomic E-state index is -0.567. The molecular formula is C15H16F2N2O2. The van der Waals surface area contributed by atoms with E-state index in [1.165, 1.54) is 21.1 Å². The molecule has 2 aromatic rings. The van der Waals surface area contributed by atoms with Crippen LogP contribution in [0.4, 0.5) is 25.8 Å². The van der Waals surface area contributed by atoms with Crippen LogP contribution in [0.5, 0.6) is 11.5 Å². The smallest absolute Gasteiger partial charge is 0.162 e. The van der Waals surface area contributed by atoms with Crippen LogP contribution in [0.25, 0.3) is 0 Å². The molecule has 0 amide bonds. The summed E-state index contributed by atoms with van der Waals surface area (Å²) in [5.41, 5.74) is 6.83. The van der Waals surface area contributed by atoms with E-state index in [0.29, 0.717) is 22.9 Å². The first-order chi connectivity index (χ1) is 9.96. The fourth-order valence-electron chi connectivity index (χ4n) is 1.89. The Bertz CT molecular complexity index is 675. The molecule has 0 saturated carbocycles. The van der Waals surface area contributed by atoms with E-state index in [9.17, 15) is 8.78 Å². The molecule has 0 fully saturated rings. The first-order valence-electron chi connectivity index (χ1n) is 6.20. The number of nitrogens with one attached hydrogen (secondary N) is 1. The van der Waals surface area contributed by atoms with Crippen LogP contribution in [0, 0.1) is 18.6 Å². The van der Waals surface area contributed by atoms with Crippen molar-refractivity contribution in [3.8, 4) is 11.5 Å². The highest BCUT2D eigenvalue weighted by molar-refractivity contribution is 5.76. The number of benzene rings is 2. The van der Waals surface area contributed by atoms with Crippen LogP contribution in [0.3, 0.4) is 0 Å². The Morgan fingerprint density at radius 3 is 2.14 bits per heavy atom. The molecule has 21 heavy (non-hydrogen) atoms. The third-order valence-corrected chi connectivity index (χ3v) is 3.07. The molecule has 112 valence electrons. The van der Waals surface area contributed by atoms with E-state index in [-0.39, 0.29) is 11.3 Å². The van der Waals surface area contributed by atoms with Gasteiger partial charge in [-0.05, 0) is 18.6 Å². The molecule has 0 radical (unpaired) electrons. The summed E-state index contributed by atoms with van der Waals surface area (Å²) in [6.45, 7) is 1.49. The van der Waals surface area contributed by atoms with Crippen molar-refractivity contribution in [3.05, 3.63) is 41.5 Å². The fourth-order valence-corrected chi connectivity index (χ4v) is 1.89. The second-order valence-electron chi connectivity index (χ2n) is 4.50. The number of nitrogens with two attached hydrogens (primary N) is 1. The summed E-state index contributed by atoms with van der Waals surface area (Å²) >= 11 is 0. The number of aryl methyl sites for hydroxylation is 1. The summed E-state index contributed by atoms with van der Waals surface area (Å²) in [6, 6.07) is 5.31. The molecule has 0 aromatic heterocycles. The maximum absolute atomic E-state index is 13.8. The molecule has 0 bridgehead atoms. The maximum Gasteiger partial charge on any atom is 0.162 e. The van der Waals surface area contributed by atoms with E-state index in [2.05, 4.69) is 5.32 Å². The first kappa shape index (κ1) is 14.9. The third kappa shape index (κ3) is 2.99. The van der Waals surface area contributed by atoms with E-state index in [0.717, 1.165) is 12.1 Å². The minimum Gasteiger partial charge on any atom is -0.493 e. The van der Waals surface area contributed by atoms with E-state index in [4.69, 9.17) is 15.2 Å². The van der Waals surface area contributed by atoms with Gasteiger partial charge in [-0.1, -0.05) is 0 Å². The molecule has 2 aromatic carbocycles. The Hall–Kier alpha value is -2.50. The maximum atomic E-state index is 13.8. The van der Waals surface area contributed by atoms with Crippen LogP contribution in [-0.2, 0) is 0 Å². The topological polar surface area (TPSA) is 56.5 Å². The standard InChI is InChI=1S/C15H16F2N2O2/c1-8-4-10(17)12(5-9(8)16)19-13-7-15(21-3)14(20-2)6-11(13)18/h4-7,19H,18H2,1-3H3. The largest absolute Gasteiger partial charge is 0.493 e. The number of hydrogen-bond acceptors (Lipinski definition) is 4. The predicted molar refractivity (Wildman–Crippen MR) is 78.3 cm³/mol. The van der Waals surface area contributed by atoms with Crippen LogP contribution in [0.15, 0.2) is 24.3 Å². The van der Waals surface area contributed by atoms with Crippen molar-refractivity contribution in [3.63, 3.8) is 0 Å². The molecule has 2 rings (SSSR count). The third-order valence-electron chi connectivity index (χ3n) is 3.07. The molecule has 0 saturated heterocycles. The molecule has 0 heterocycles.